The Morgan fingerprint density at radius 3 is 2.30 bits per heavy atom. The van der Waals surface area contributed by atoms with Crippen molar-refractivity contribution in [2.45, 2.75) is 50.2 Å². The van der Waals surface area contributed by atoms with Gasteiger partial charge in [0.25, 0.3) is 5.91 Å². The smallest absolute Gasteiger partial charge is 0.341 e. The van der Waals surface area contributed by atoms with Crippen LogP contribution in [0.5, 0.6) is 0 Å². The molecule has 0 fully saturated rings. The number of carbonyl (C=O) groups excluding carboxylic acids is 3. The van der Waals surface area contributed by atoms with E-state index in [0.717, 1.165) is 35.3 Å². The van der Waals surface area contributed by atoms with Gasteiger partial charge in [0, 0.05) is 15.5 Å². The second-order valence-corrected chi connectivity index (χ2v) is 14.5. The van der Waals surface area contributed by atoms with Gasteiger partial charge in [-0.2, -0.15) is 0 Å². The second-order valence-electron chi connectivity index (χ2n) is 12.2. The SMILES string of the molecule is COC(=O)c1c(NC(=O)C(Sc2cccc(NC(=O)c3ccccc3C(=O)O)c2)c2ccccc2)sc2c1CCC(C(C)(C)C)C2. The molecule has 10 heteroatoms. The number of ether oxygens (including phenoxy) is 1. The second kappa shape index (κ2) is 13.9. The van der Waals surface area contributed by atoms with E-state index in [-0.39, 0.29) is 22.4 Å². The van der Waals surface area contributed by atoms with Gasteiger partial charge in [-0.25, -0.2) is 9.59 Å². The number of amides is 2. The molecule has 2 amide bonds. The number of fused-ring (bicyclic) bond motifs is 1. The van der Waals surface area contributed by atoms with Crippen LogP contribution in [0.15, 0.2) is 83.8 Å². The zero-order chi connectivity index (χ0) is 33.0. The summed E-state index contributed by atoms with van der Waals surface area (Å²) in [5.41, 5.74) is 2.69. The lowest BCUT2D eigenvalue weighted by Crippen LogP contribution is -2.26. The van der Waals surface area contributed by atoms with Crippen LogP contribution < -0.4 is 10.6 Å². The molecule has 3 aromatic carbocycles. The molecule has 8 nitrogen and oxygen atoms in total. The van der Waals surface area contributed by atoms with Crippen molar-refractivity contribution in [3.05, 3.63) is 112 Å². The van der Waals surface area contributed by atoms with Crippen LogP contribution in [0.1, 0.15) is 79.5 Å². The Balaban J connectivity index is 1.41. The maximum Gasteiger partial charge on any atom is 0.341 e. The number of nitrogens with one attached hydrogen (secondary N) is 2. The Labute approximate surface area is 276 Å². The highest BCUT2D eigenvalue weighted by Crippen LogP contribution is 2.45. The van der Waals surface area contributed by atoms with Gasteiger partial charge in [0.05, 0.1) is 23.8 Å². The molecule has 238 valence electrons. The van der Waals surface area contributed by atoms with Crippen molar-refractivity contribution >= 4 is 57.5 Å². The van der Waals surface area contributed by atoms with E-state index in [4.69, 9.17) is 4.74 Å². The first kappa shape index (κ1) is 33.0. The quantitative estimate of drug-likeness (QED) is 0.123. The van der Waals surface area contributed by atoms with Crippen LogP contribution >= 0.6 is 23.1 Å². The van der Waals surface area contributed by atoms with Crippen LogP contribution in [0.2, 0.25) is 0 Å². The van der Waals surface area contributed by atoms with Gasteiger partial charge in [0.1, 0.15) is 10.3 Å². The number of carbonyl (C=O) groups is 4. The van der Waals surface area contributed by atoms with Gasteiger partial charge in [-0.3, -0.25) is 9.59 Å². The fourth-order valence-electron chi connectivity index (χ4n) is 5.66. The number of hydrogen-bond acceptors (Lipinski definition) is 7. The highest BCUT2D eigenvalue weighted by Gasteiger charge is 2.35. The standard InChI is InChI=1S/C36H36N2O6S2/c1-36(2,3)22-17-18-27-28(19-22)46-33(29(27)35(43)44-4)38-32(40)30(21-11-6-5-7-12-21)45-24-14-10-13-23(20-24)37-31(39)25-15-8-9-16-26(25)34(41)42/h5-16,20,22,30H,17-19H2,1-4H3,(H,37,39)(H,38,40)(H,41,42). The van der Waals surface area contributed by atoms with Gasteiger partial charge < -0.3 is 20.5 Å². The molecule has 0 spiro atoms. The molecular weight excluding hydrogens is 621 g/mol. The van der Waals surface area contributed by atoms with Crippen molar-refractivity contribution < 1.29 is 29.0 Å². The van der Waals surface area contributed by atoms with Crippen LogP contribution in [0.3, 0.4) is 0 Å². The van der Waals surface area contributed by atoms with E-state index in [1.807, 2.05) is 36.4 Å². The third kappa shape index (κ3) is 7.35. The molecule has 1 aliphatic rings. The number of methoxy groups -OCH3 is 1. The maximum atomic E-state index is 14.1. The first-order valence-corrected chi connectivity index (χ1v) is 16.6. The highest BCUT2D eigenvalue weighted by molar-refractivity contribution is 8.00. The number of thiophene rings is 1. The van der Waals surface area contributed by atoms with E-state index in [1.54, 1.807) is 30.3 Å². The minimum absolute atomic E-state index is 0.0449. The molecule has 1 aromatic heterocycles. The number of esters is 1. The lowest BCUT2D eigenvalue weighted by atomic mass is 9.72. The first-order chi connectivity index (χ1) is 22.0. The molecule has 0 saturated heterocycles. The summed E-state index contributed by atoms with van der Waals surface area (Å²) < 4.78 is 5.16. The van der Waals surface area contributed by atoms with Gasteiger partial charge in [-0.15, -0.1) is 23.1 Å². The van der Waals surface area contributed by atoms with Crippen molar-refractivity contribution in [1.29, 1.82) is 0 Å². The topological polar surface area (TPSA) is 122 Å². The summed E-state index contributed by atoms with van der Waals surface area (Å²) in [4.78, 5) is 53.5. The monoisotopic (exact) mass is 656 g/mol. The maximum absolute atomic E-state index is 14.1. The van der Waals surface area contributed by atoms with Gasteiger partial charge in [-0.1, -0.05) is 69.3 Å². The summed E-state index contributed by atoms with van der Waals surface area (Å²) in [5.74, 6) is -2.03. The number of hydrogen-bond donors (Lipinski definition) is 3. The van der Waals surface area contributed by atoms with Crippen LogP contribution in [-0.4, -0.2) is 36.0 Å². The third-order valence-electron chi connectivity index (χ3n) is 8.20. The normalized spacial score (nSPS) is 14.9. The van der Waals surface area contributed by atoms with Gasteiger partial charge >= 0.3 is 11.9 Å². The van der Waals surface area contributed by atoms with Crippen molar-refractivity contribution in [2.24, 2.45) is 11.3 Å². The molecule has 1 heterocycles. The zero-order valence-electron chi connectivity index (χ0n) is 26.1. The lowest BCUT2D eigenvalue weighted by molar-refractivity contribution is -0.115. The molecule has 4 aromatic rings. The summed E-state index contributed by atoms with van der Waals surface area (Å²) in [7, 11) is 1.35. The summed E-state index contributed by atoms with van der Waals surface area (Å²) in [6.07, 6.45) is 2.55. The van der Waals surface area contributed by atoms with Crippen molar-refractivity contribution in [2.75, 3.05) is 17.7 Å². The number of anilines is 2. The molecule has 5 rings (SSSR count). The Morgan fingerprint density at radius 1 is 0.935 bits per heavy atom. The lowest BCUT2D eigenvalue weighted by Gasteiger charge is -2.33. The van der Waals surface area contributed by atoms with E-state index >= 15 is 0 Å². The average molecular weight is 657 g/mol. The molecule has 0 radical (unpaired) electrons. The highest BCUT2D eigenvalue weighted by atomic mass is 32.2. The van der Waals surface area contributed by atoms with E-state index in [1.165, 1.54) is 42.3 Å². The van der Waals surface area contributed by atoms with Crippen LogP contribution in [-0.2, 0) is 22.4 Å². The van der Waals surface area contributed by atoms with Gasteiger partial charge in [0.15, 0.2) is 0 Å². The summed E-state index contributed by atoms with van der Waals surface area (Å²) >= 11 is 2.76. The van der Waals surface area contributed by atoms with Gasteiger partial charge in [0.2, 0.25) is 5.91 Å². The summed E-state index contributed by atoms with van der Waals surface area (Å²) in [5, 5.41) is 15.2. The molecule has 2 atom stereocenters. The fourth-order valence-corrected chi connectivity index (χ4v) is 8.06. The Morgan fingerprint density at radius 2 is 1.63 bits per heavy atom. The van der Waals surface area contributed by atoms with Crippen LogP contribution in [0.25, 0.3) is 0 Å². The Bertz CT molecular complexity index is 1780. The number of benzene rings is 3. The minimum atomic E-state index is -1.19. The average Bonchev–Trinajstić information content (AvgIpc) is 3.40. The number of carboxylic acids is 1. The number of thioether (sulfide) groups is 1. The Hall–Kier alpha value is -4.41. The summed E-state index contributed by atoms with van der Waals surface area (Å²) in [6, 6.07) is 22.4. The van der Waals surface area contributed by atoms with Crippen LogP contribution in [0.4, 0.5) is 10.7 Å². The molecular formula is C36H36N2O6S2. The number of aromatic carboxylic acids is 1. The summed E-state index contributed by atoms with van der Waals surface area (Å²) in [6.45, 7) is 6.70. The van der Waals surface area contributed by atoms with Crippen molar-refractivity contribution in [1.82, 2.24) is 0 Å². The molecule has 0 saturated carbocycles. The molecule has 0 aliphatic heterocycles. The third-order valence-corrected chi connectivity index (χ3v) is 10.6. The van der Waals surface area contributed by atoms with Gasteiger partial charge in [-0.05, 0) is 72.1 Å². The number of carboxylic acid groups (broad SMARTS) is 1. The molecule has 1 aliphatic carbocycles. The van der Waals surface area contributed by atoms with Crippen LogP contribution in [0, 0.1) is 11.3 Å². The van der Waals surface area contributed by atoms with E-state index in [9.17, 15) is 24.3 Å². The molecule has 3 N–H and O–H groups in total. The number of rotatable bonds is 9. The minimum Gasteiger partial charge on any atom is -0.478 e. The van der Waals surface area contributed by atoms with Crippen molar-refractivity contribution in [3.63, 3.8) is 0 Å². The predicted molar refractivity (Wildman–Crippen MR) is 182 cm³/mol. The molecule has 2 unspecified atom stereocenters. The van der Waals surface area contributed by atoms with E-state index in [2.05, 4.69) is 31.4 Å². The Kier molecular flexibility index (Phi) is 9.98. The molecule has 0 bridgehead atoms. The van der Waals surface area contributed by atoms with Crippen molar-refractivity contribution in [3.8, 4) is 0 Å². The first-order valence-electron chi connectivity index (χ1n) is 14.9. The predicted octanol–water partition coefficient (Wildman–Crippen LogP) is 8.11. The zero-order valence-corrected chi connectivity index (χ0v) is 27.7. The molecule has 46 heavy (non-hydrogen) atoms. The van der Waals surface area contributed by atoms with E-state index < -0.39 is 23.1 Å². The largest absolute Gasteiger partial charge is 0.478 e. The fraction of sp³-hybridized carbons (Fsp3) is 0.278. The van der Waals surface area contributed by atoms with E-state index in [0.29, 0.717) is 27.1 Å².